The van der Waals surface area contributed by atoms with Crippen LogP contribution < -0.4 is 0 Å². The maximum absolute atomic E-state index is 11.8. The van der Waals surface area contributed by atoms with Crippen LogP contribution in [0.3, 0.4) is 0 Å². The molecule has 0 radical (unpaired) electrons. The number of esters is 1. The lowest BCUT2D eigenvalue weighted by atomic mass is 10.3. The molecule has 0 amide bonds. The molecule has 7 nitrogen and oxygen atoms in total. The number of ether oxygens (including phenoxy) is 1. The van der Waals surface area contributed by atoms with Gasteiger partial charge in [-0.15, -0.1) is 5.10 Å². The molecule has 0 saturated heterocycles. The van der Waals surface area contributed by atoms with Crippen molar-refractivity contribution in [2.24, 2.45) is 0 Å². The molecular formula is C14H12N4O3. The molecule has 0 atom stereocenters. The molecule has 106 valence electrons. The Labute approximate surface area is 120 Å². The third-order valence-corrected chi connectivity index (χ3v) is 2.73. The first-order valence-corrected chi connectivity index (χ1v) is 6.40. The highest BCUT2D eigenvalue weighted by Gasteiger charge is 2.20. The average molecular weight is 284 g/mol. The first-order chi connectivity index (χ1) is 10.3. The Hall–Kier alpha value is -2.96. The third-order valence-electron chi connectivity index (χ3n) is 2.73. The molecule has 0 fully saturated rings. The normalized spacial score (nSPS) is 10.5. The van der Waals surface area contributed by atoms with Crippen LogP contribution >= 0.6 is 0 Å². The highest BCUT2D eigenvalue weighted by Crippen LogP contribution is 2.19. The number of rotatable bonds is 4. The van der Waals surface area contributed by atoms with E-state index in [1.54, 1.807) is 13.0 Å². The van der Waals surface area contributed by atoms with Gasteiger partial charge in [0.05, 0.1) is 12.3 Å². The third kappa shape index (κ3) is 2.53. The lowest BCUT2D eigenvalue weighted by molar-refractivity contribution is 0.0512. The van der Waals surface area contributed by atoms with E-state index in [1.807, 2.05) is 30.3 Å². The van der Waals surface area contributed by atoms with Crippen molar-refractivity contribution in [3.8, 4) is 17.2 Å². The van der Waals surface area contributed by atoms with Crippen LogP contribution in [0, 0.1) is 0 Å². The summed E-state index contributed by atoms with van der Waals surface area (Å²) in [5, 5.41) is 8.05. The molecule has 0 aliphatic carbocycles. The Balaban J connectivity index is 2.11. The summed E-state index contributed by atoms with van der Waals surface area (Å²) in [6.45, 7) is 1.99. The van der Waals surface area contributed by atoms with Crippen molar-refractivity contribution in [3.05, 3.63) is 48.5 Å². The van der Waals surface area contributed by atoms with E-state index in [2.05, 4.69) is 15.2 Å². The summed E-state index contributed by atoms with van der Waals surface area (Å²) < 4.78 is 11.3. The molecule has 0 aliphatic rings. The van der Waals surface area contributed by atoms with Crippen LogP contribution in [0.4, 0.5) is 0 Å². The summed E-state index contributed by atoms with van der Waals surface area (Å²) >= 11 is 0. The van der Waals surface area contributed by atoms with Gasteiger partial charge in [-0.25, -0.2) is 9.48 Å². The van der Waals surface area contributed by atoms with Gasteiger partial charge in [-0.3, -0.25) is 0 Å². The van der Waals surface area contributed by atoms with Crippen molar-refractivity contribution in [1.82, 2.24) is 19.9 Å². The van der Waals surface area contributed by atoms with Crippen LogP contribution in [0.1, 0.15) is 17.5 Å². The summed E-state index contributed by atoms with van der Waals surface area (Å²) in [5.41, 5.74) is 1.25. The minimum Gasteiger partial charge on any atom is -0.460 e. The van der Waals surface area contributed by atoms with Gasteiger partial charge in [0.25, 0.3) is 5.82 Å². The Morgan fingerprint density at radius 3 is 2.76 bits per heavy atom. The van der Waals surface area contributed by atoms with Gasteiger partial charge >= 0.3 is 5.97 Å². The van der Waals surface area contributed by atoms with E-state index >= 15 is 0 Å². The molecule has 0 saturated carbocycles. The number of benzene rings is 1. The van der Waals surface area contributed by atoms with Crippen molar-refractivity contribution in [1.29, 1.82) is 0 Å². The second-order valence-electron chi connectivity index (χ2n) is 4.11. The number of nitrogens with zero attached hydrogens (tertiary/aromatic N) is 4. The molecule has 2 aromatic heterocycles. The van der Waals surface area contributed by atoms with Crippen molar-refractivity contribution in [3.63, 3.8) is 0 Å². The molecule has 0 spiro atoms. The van der Waals surface area contributed by atoms with Gasteiger partial charge in [-0.2, -0.15) is 4.98 Å². The summed E-state index contributed by atoms with van der Waals surface area (Å²) in [6, 6.07) is 11.0. The zero-order valence-corrected chi connectivity index (χ0v) is 11.3. The minimum absolute atomic E-state index is 0.0151. The van der Waals surface area contributed by atoms with E-state index in [0.29, 0.717) is 11.5 Å². The zero-order chi connectivity index (χ0) is 14.7. The standard InChI is InChI=1S/C14H12N4O3/c1-2-20-14(19)12-15-13(11-8-9-21-17-11)18(16-12)10-6-4-3-5-7-10/h3-9H,2H2,1H3. The van der Waals surface area contributed by atoms with Gasteiger partial charge in [0.15, 0.2) is 11.5 Å². The lowest BCUT2D eigenvalue weighted by Crippen LogP contribution is -2.07. The van der Waals surface area contributed by atoms with Crippen molar-refractivity contribution in [2.75, 3.05) is 6.61 Å². The predicted octanol–water partition coefficient (Wildman–Crippen LogP) is 2.10. The molecule has 0 unspecified atom stereocenters. The monoisotopic (exact) mass is 284 g/mol. The number of carbonyl (C=O) groups is 1. The predicted molar refractivity (Wildman–Crippen MR) is 72.8 cm³/mol. The Morgan fingerprint density at radius 2 is 2.10 bits per heavy atom. The maximum Gasteiger partial charge on any atom is 0.378 e. The SMILES string of the molecule is CCOC(=O)c1nc(-c2ccon2)n(-c2ccccc2)n1. The molecule has 21 heavy (non-hydrogen) atoms. The zero-order valence-electron chi connectivity index (χ0n) is 11.3. The van der Waals surface area contributed by atoms with Crippen LogP contribution in [0.15, 0.2) is 47.2 Å². The van der Waals surface area contributed by atoms with Gasteiger partial charge in [0, 0.05) is 6.07 Å². The largest absolute Gasteiger partial charge is 0.460 e. The van der Waals surface area contributed by atoms with E-state index in [4.69, 9.17) is 9.26 Å². The Morgan fingerprint density at radius 1 is 1.29 bits per heavy atom. The van der Waals surface area contributed by atoms with Crippen molar-refractivity contribution < 1.29 is 14.1 Å². The smallest absolute Gasteiger partial charge is 0.378 e. The van der Waals surface area contributed by atoms with Crippen molar-refractivity contribution >= 4 is 5.97 Å². The first-order valence-electron chi connectivity index (χ1n) is 6.40. The van der Waals surface area contributed by atoms with Crippen molar-refractivity contribution in [2.45, 2.75) is 6.92 Å². The number of aromatic nitrogens is 4. The minimum atomic E-state index is -0.572. The summed E-state index contributed by atoms with van der Waals surface area (Å²) in [4.78, 5) is 16.0. The molecule has 7 heteroatoms. The van der Waals surface area contributed by atoms with E-state index in [1.165, 1.54) is 10.9 Å². The van der Waals surface area contributed by atoms with E-state index in [-0.39, 0.29) is 12.4 Å². The van der Waals surface area contributed by atoms with Gasteiger partial charge in [0.1, 0.15) is 6.26 Å². The number of hydrogen-bond donors (Lipinski definition) is 0. The Kier molecular flexibility index (Phi) is 3.46. The molecule has 0 N–H and O–H groups in total. The quantitative estimate of drug-likeness (QED) is 0.682. The second kappa shape index (κ2) is 5.58. The van der Waals surface area contributed by atoms with Crippen LogP contribution in [0.2, 0.25) is 0 Å². The summed E-state index contributed by atoms with van der Waals surface area (Å²) in [7, 11) is 0. The molecular weight excluding hydrogens is 272 g/mol. The number of hydrogen-bond acceptors (Lipinski definition) is 6. The number of carbonyl (C=O) groups excluding carboxylic acids is 1. The van der Waals surface area contributed by atoms with Gasteiger partial charge in [-0.1, -0.05) is 23.4 Å². The molecule has 0 bridgehead atoms. The van der Waals surface area contributed by atoms with Gasteiger partial charge in [0.2, 0.25) is 0 Å². The molecule has 3 rings (SSSR count). The fraction of sp³-hybridized carbons (Fsp3) is 0.143. The topological polar surface area (TPSA) is 83.0 Å². The van der Waals surface area contributed by atoms with Gasteiger partial charge in [-0.05, 0) is 19.1 Å². The van der Waals surface area contributed by atoms with Crippen LogP contribution in [-0.4, -0.2) is 32.5 Å². The lowest BCUT2D eigenvalue weighted by Gasteiger charge is -2.02. The fourth-order valence-electron chi connectivity index (χ4n) is 1.84. The van der Waals surface area contributed by atoms with E-state index < -0.39 is 5.97 Å². The number of para-hydroxylation sites is 1. The summed E-state index contributed by atoms with van der Waals surface area (Å²) in [6.07, 6.45) is 1.43. The van der Waals surface area contributed by atoms with Crippen LogP contribution in [0.25, 0.3) is 17.2 Å². The maximum atomic E-state index is 11.8. The van der Waals surface area contributed by atoms with Crippen LogP contribution in [-0.2, 0) is 4.74 Å². The highest BCUT2D eigenvalue weighted by molar-refractivity contribution is 5.85. The highest BCUT2D eigenvalue weighted by atomic mass is 16.5. The second-order valence-corrected chi connectivity index (χ2v) is 4.11. The Bertz CT molecular complexity index is 735. The van der Waals surface area contributed by atoms with E-state index in [0.717, 1.165) is 5.69 Å². The fourth-order valence-corrected chi connectivity index (χ4v) is 1.84. The van der Waals surface area contributed by atoms with Crippen LogP contribution in [0.5, 0.6) is 0 Å². The molecule has 2 heterocycles. The molecule has 3 aromatic rings. The van der Waals surface area contributed by atoms with E-state index in [9.17, 15) is 4.79 Å². The molecule has 0 aliphatic heterocycles. The first kappa shape index (κ1) is 13.0. The molecule has 1 aromatic carbocycles. The summed E-state index contributed by atoms with van der Waals surface area (Å²) in [5.74, 6) is -0.173. The van der Waals surface area contributed by atoms with Gasteiger partial charge < -0.3 is 9.26 Å². The average Bonchev–Trinajstić information content (AvgIpc) is 3.17.